The van der Waals surface area contributed by atoms with Crippen molar-refractivity contribution >= 4 is 5.97 Å². The third kappa shape index (κ3) is 3.69. The fourth-order valence-electron chi connectivity index (χ4n) is 1.11. The molecule has 1 aromatic rings. The molecule has 0 atom stereocenters. The summed E-state index contributed by atoms with van der Waals surface area (Å²) in [4.78, 5) is 11.1. The summed E-state index contributed by atoms with van der Waals surface area (Å²) in [6.45, 7) is 0.765. The zero-order chi connectivity index (χ0) is 11.1. The number of hydrogen-bond donors (Lipinski definition) is 1. The first kappa shape index (κ1) is 11.7. The summed E-state index contributed by atoms with van der Waals surface area (Å²) < 4.78 is 9.70. The molecular weight excluding hydrogens is 196 g/mol. The van der Waals surface area contributed by atoms with Gasteiger partial charge in [0, 0.05) is 0 Å². The summed E-state index contributed by atoms with van der Waals surface area (Å²) in [5, 5.41) is 8.51. The second kappa shape index (κ2) is 6.16. The topological polar surface area (TPSA) is 55.8 Å². The van der Waals surface area contributed by atoms with Crippen LogP contribution in [0.1, 0.15) is 15.9 Å². The third-order valence-corrected chi connectivity index (χ3v) is 1.88. The summed E-state index contributed by atoms with van der Waals surface area (Å²) >= 11 is 0. The number of hydrogen-bond acceptors (Lipinski definition) is 4. The number of rotatable bonds is 5. The lowest BCUT2D eigenvalue weighted by molar-refractivity contribution is 0.0600. The van der Waals surface area contributed by atoms with E-state index in [1.54, 1.807) is 24.3 Å². The first-order chi connectivity index (χ1) is 7.27. The molecule has 0 radical (unpaired) electrons. The molecule has 0 spiro atoms. The van der Waals surface area contributed by atoms with Gasteiger partial charge < -0.3 is 14.6 Å². The minimum absolute atomic E-state index is 0.0141. The molecule has 1 rings (SSSR count). The van der Waals surface area contributed by atoms with Crippen LogP contribution < -0.4 is 0 Å². The smallest absolute Gasteiger partial charge is 0.337 e. The van der Waals surface area contributed by atoms with Crippen LogP contribution in [0, 0.1) is 0 Å². The summed E-state index contributed by atoms with van der Waals surface area (Å²) in [5.74, 6) is -0.349. The molecule has 0 saturated carbocycles. The van der Waals surface area contributed by atoms with Gasteiger partial charge in [0.15, 0.2) is 0 Å². The van der Waals surface area contributed by atoms with E-state index in [0.29, 0.717) is 18.8 Å². The van der Waals surface area contributed by atoms with Crippen molar-refractivity contribution in [2.24, 2.45) is 0 Å². The van der Waals surface area contributed by atoms with E-state index in [9.17, 15) is 4.79 Å². The fourth-order valence-corrected chi connectivity index (χ4v) is 1.11. The van der Waals surface area contributed by atoms with E-state index in [1.807, 2.05) is 0 Å². The molecular formula is C11H14O4. The van der Waals surface area contributed by atoms with Crippen molar-refractivity contribution in [1.29, 1.82) is 0 Å². The highest BCUT2D eigenvalue weighted by Crippen LogP contribution is 2.06. The predicted molar refractivity (Wildman–Crippen MR) is 54.5 cm³/mol. The number of methoxy groups -OCH3 is 1. The first-order valence-corrected chi connectivity index (χ1v) is 4.63. The Labute approximate surface area is 88.4 Å². The maximum Gasteiger partial charge on any atom is 0.337 e. The van der Waals surface area contributed by atoms with E-state index in [-0.39, 0.29) is 12.6 Å². The van der Waals surface area contributed by atoms with Gasteiger partial charge in [0.1, 0.15) is 0 Å². The third-order valence-electron chi connectivity index (χ3n) is 1.88. The van der Waals surface area contributed by atoms with Gasteiger partial charge in [-0.25, -0.2) is 4.79 Å². The fraction of sp³-hybridized carbons (Fsp3) is 0.364. The van der Waals surface area contributed by atoms with Gasteiger partial charge in [0.25, 0.3) is 0 Å². The summed E-state index contributed by atoms with van der Waals surface area (Å²) in [6.07, 6.45) is 0. The molecule has 0 unspecified atom stereocenters. The average molecular weight is 210 g/mol. The largest absolute Gasteiger partial charge is 0.465 e. The van der Waals surface area contributed by atoms with Gasteiger partial charge in [-0.15, -0.1) is 0 Å². The van der Waals surface area contributed by atoms with Crippen molar-refractivity contribution in [3.05, 3.63) is 35.4 Å². The summed E-state index contributed by atoms with van der Waals surface area (Å²) in [7, 11) is 1.35. The maximum atomic E-state index is 11.1. The van der Waals surface area contributed by atoms with Gasteiger partial charge in [-0.2, -0.15) is 0 Å². The van der Waals surface area contributed by atoms with E-state index in [1.165, 1.54) is 7.11 Å². The van der Waals surface area contributed by atoms with Crippen LogP contribution in [0.15, 0.2) is 24.3 Å². The standard InChI is InChI=1S/C11H14O4/c1-14-11(13)10-4-2-9(3-5-10)8-15-7-6-12/h2-5,12H,6-8H2,1H3. The van der Waals surface area contributed by atoms with Crippen LogP contribution in [0.4, 0.5) is 0 Å². The molecule has 0 aliphatic carbocycles. The van der Waals surface area contributed by atoms with E-state index in [2.05, 4.69) is 4.74 Å². The highest BCUT2D eigenvalue weighted by Gasteiger charge is 2.03. The summed E-state index contributed by atoms with van der Waals surface area (Å²) in [6, 6.07) is 6.96. The van der Waals surface area contributed by atoms with Gasteiger partial charge in [-0.1, -0.05) is 12.1 Å². The Bertz CT molecular complexity index is 305. The number of carbonyl (C=O) groups is 1. The molecule has 15 heavy (non-hydrogen) atoms. The molecule has 0 bridgehead atoms. The molecule has 0 aliphatic rings. The Kier molecular flexibility index (Phi) is 4.80. The van der Waals surface area contributed by atoms with Crippen molar-refractivity contribution in [3.63, 3.8) is 0 Å². The molecule has 0 saturated heterocycles. The predicted octanol–water partition coefficient (Wildman–Crippen LogP) is 0.982. The number of ether oxygens (including phenoxy) is 2. The van der Waals surface area contributed by atoms with Crippen LogP contribution in [0.25, 0.3) is 0 Å². The Morgan fingerprint density at radius 3 is 2.53 bits per heavy atom. The maximum absolute atomic E-state index is 11.1. The zero-order valence-corrected chi connectivity index (χ0v) is 8.60. The monoisotopic (exact) mass is 210 g/mol. The Morgan fingerprint density at radius 1 is 1.33 bits per heavy atom. The average Bonchev–Trinajstić information content (AvgIpc) is 2.29. The molecule has 0 fully saturated rings. The summed E-state index contributed by atoms with van der Waals surface area (Å²) in [5.41, 5.74) is 1.47. The minimum Gasteiger partial charge on any atom is -0.465 e. The van der Waals surface area contributed by atoms with Crippen molar-refractivity contribution in [3.8, 4) is 0 Å². The van der Waals surface area contributed by atoms with E-state index < -0.39 is 0 Å². The molecule has 1 N–H and O–H groups in total. The van der Waals surface area contributed by atoms with Crippen molar-refractivity contribution in [1.82, 2.24) is 0 Å². The molecule has 0 amide bonds. The molecule has 4 nitrogen and oxygen atoms in total. The quantitative estimate of drug-likeness (QED) is 0.581. The van der Waals surface area contributed by atoms with Crippen molar-refractivity contribution in [2.75, 3.05) is 20.3 Å². The van der Waals surface area contributed by atoms with Crippen molar-refractivity contribution in [2.45, 2.75) is 6.61 Å². The zero-order valence-electron chi connectivity index (χ0n) is 8.60. The van der Waals surface area contributed by atoms with Gasteiger partial charge in [0.2, 0.25) is 0 Å². The van der Waals surface area contributed by atoms with Crippen LogP contribution in [0.5, 0.6) is 0 Å². The first-order valence-electron chi connectivity index (χ1n) is 4.63. The lowest BCUT2D eigenvalue weighted by Crippen LogP contribution is -2.02. The van der Waals surface area contributed by atoms with Crippen LogP contribution in [0.3, 0.4) is 0 Å². The lowest BCUT2D eigenvalue weighted by atomic mass is 10.1. The number of carbonyl (C=O) groups excluding carboxylic acids is 1. The molecule has 1 aromatic carbocycles. The second-order valence-corrected chi connectivity index (χ2v) is 2.96. The van der Waals surface area contributed by atoms with Crippen molar-refractivity contribution < 1.29 is 19.4 Å². The number of aliphatic hydroxyl groups is 1. The van der Waals surface area contributed by atoms with Crippen LogP contribution >= 0.6 is 0 Å². The normalized spacial score (nSPS) is 10.0. The van der Waals surface area contributed by atoms with Gasteiger partial charge in [0.05, 0.1) is 32.5 Å². The highest BCUT2D eigenvalue weighted by molar-refractivity contribution is 5.89. The van der Waals surface area contributed by atoms with E-state index in [0.717, 1.165) is 5.56 Å². The molecule has 4 heteroatoms. The van der Waals surface area contributed by atoms with E-state index in [4.69, 9.17) is 9.84 Å². The molecule has 0 aliphatic heterocycles. The lowest BCUT2D eigenvalue weighted by Gasteiger charge is -2.03. The molecule has 82 valence electrons. The Hall–Kier alpha value is -1.39. The van der Waals surface area contributed by atoms with Crippen LogP contribution in [-0.4, -0.2) is 31.4 Å². The van der Waals surface area contributed by atoms with Crippen LogP contribution in [-0.2, 0) is 16.1 Å². The Balaban J connectivity index is 2.52. The highest BCUT2D eigenvalue weighted by atomic mass is 16.5. The second-order valence-electron chi connectivity index (χ2n) is 2.96. The molecule has 0 aromatic heterocycles. The van der Waals surface area contributed by atoms with Gasteiger partial charge in [-0.05, 0) is 17.7 Å². The number of benzene rings is 1. The Morgan fingerprint density at radius 2 is 2.00 bits per heavy atom. The van der Waals surface area contributed by atoms with Gasteiger partial charge in [-0.3, -0.25) is 0 Å². The van der Waals surface area contributed by atoms with E-state index >= 15 is 0 Å². The SMILES string of the molecule is COC(=O)c1ccc(COCCO)cc1. The number of aliphatic hydroxyl groups excluding tert-OH is 1. The minimum atomic E-state index is -0.349. The number of esters is 1. The van der Waals surface area contributed by atoms with Gasteiger partial charge >= 0.3 is 5.97 Å². The molecule has 0 heterocycles. The van der Waals surface area contributed by atoms with Crippen LogP contribution in [0.2, 0.25) is 0 Å².